The van der Waals surface area contributed by atoms with E-state index < -0.39 is 0 Å². The van der Waals surface area contributed by atoms with Crippen LogP contribution in [0.4, 0.5) is 0 Å². The predicted molar refractivity (Wildman–Crippen MR) is 41.9 cm³/mol. The van der Waals surface area contributed by atoms with Crippen molar-refractivity contribution >= 4 is 0 Å². The van der Waals surface area contributed by atoms with Crippen LogP contribution in [0.3, 0.4) is 0 Å². The monoisotopic (exact) mass is 143 g/mol. The molecular weight excluding hydrogens is 126 g/mol. The average Bonchev–Trinajstić information content (AvgIpc) is 2.05. The number of aliphatic hydroxyl groups excluding tert-OH is 1. The number of aliphatic hydroxyl groups is 1. The van der Waals surface area contributed by atoms with Crippen molar-refractivity contribution in [1.29, 1.82) is 0 Å². The Morgan fingerprint density at radius 3 is 2.40 bits per heavy atom. The summed E-state index contributed by atoms with van der Waals surface area (Å²) in [5.41, 5.74) is 0.405. The molecule has 1 aliphatic rings. The highest BCUT2D eigenvalue weighted by Gasteiger charge is 2.34. The van der Waals surface area contributed by atoms with Gasteiger partial charge in [0.2, 0.25) is 0 Å². The lowest BCUT2D eigenvalue weighted by atomic mass is 9.91. The molecule has 0 unspecified atom stereocenters. The van der Waals surface area contributed by atoms with Crippen LogP contribution in [-0.4, -0.2) is 36.2 Å². The summed E-state index contributed by atoms with van der Waals surface area (Å²) in [5.74, 6) is 0. The largest absolute Gasteiger partial charge is 0.395 e. The van der Waals surface area contributed by atoms with E-state index in [1.165, 1.54) is 0 Å². The molecule has 0 aromatic carbocycles. The Labute approximate surface area is 62.8 Å². The summed E-state index contributed by atoms with van der Waals surface area (Å²) in [5, 5.41) is 8.93. The highest BCUT2D eigenvalue weighted by Crippen LogP contribution is 2.32. The van der Waals surface area contributed by atoms with Gasteiger partial charge in [0.1, 0.15) is 0 Å². The van der Waals surface area contributed by atoms with Gasteiger partial charge >= 0.3 is 0 Å². The van der Waals surface area contributed by atoms with Gasteiger partial charge in [-0.15, -0.1) is 0 Å². The van der Waals surface area contributed by atoms with Gasteiger partial charge in [0.15, 0.2) is 0 Å². The fourth-order valence-corrected chi connectivity index (χ4v) is 1.87. The summed E-state index contributed by atoms with van der Waals surface area (Å²) in [4.78, 5) is 2.24. The molecular formula is C8H17NO. The molecule has 1 heterocycles. The third-order valence-electron chi connectivity index (χ3n) is 2.30. The van der Waals surface area contributed by atoms with Crippen molar-refractivity contribution < 1.29 is 5.11 Å². The Bertz CT molecular complexity index is 122. The van der Waals surface area contributed by atoms with E-state index in [0.29, 0.717) is 18.1 Å². The number of hydrogen-bond acceptors (Lipinski definition) is 2. The number of hydrogen-bond donors (Lipinski definition) is 1. The lowest BCUT2D eigenvalue weighted by Crippen LogP contribution is -2.28. The third-order valence-corrected chi connectivity index (χ3v) is 2.30. The van der Waals surface area contributed by atoms with Gasteiger partial charge in [0, 0.05) is 12.6 Å². The van der Waals surface area contributed by atoms with E-state index in [1.54, 1.807) is 0 Å². The van der Waals surface area contributed by atoms with Gasteiger partial charge in [-0.05, 0) is 18.9 Å². The van der Waals surface area contributed by atoms with Crippen molar-refractivity contribution in [2.75, 3.05) is 20.2 Å². The summed E-state index contributed by atoms with van der Waals surface area (Å²) in [6.07, 6.45) is 1.12. The van der Waals surface area contributed by atoms with Gasteiger partial charge < -0.3 is 10.0 Å². The predicted octanol–water partition coefficient (Wildman–Crippen LogP) is 0.709. The number of likely N-dealkylation sites (N-methyl/N-ethyl adjacent to an activating group) is 1. The number of rotatable bonds is 1. The minimum absolute atomic E-state index is 0.305. The molecule has 0 saturated carbocycles. The Morgan fingerprint density at radius 2 is 2.20 bits per heavy atom. The van der Waals surface area contributed by atoms with Gasteiger partial charge in [0.25, 0.3) is 0 Å². The zero-order chi connectivity index (χ0) is 7.78. The zero-order valence-corrected chi connectivity index (χ0v) is 7.09. The molecule has 1 saturated heterocycles. The molecule has 60 valence electrons. The van der Waals surface area contributed by atoms with Crippen LogP contribution in [0.15, 0.2) is 0 Å². The molecule has 0 radical (unpaired) electrons. The maximum atomic E-state index is 8.93. The minimum Gasteiger partial charge on any atom is -0.395 e. The van der Waals surface area contributed by atoms with E-state index in [1.807, 2.05) is 0 Å². The first-order valence-electron chi connectivity index (χ1n) is 3.86. The highest BCUT2D eigenvalue weighted by atomic mass is 16.3. The number of likely N-dealkylation sites (tertiary alicyclic amines) is 1. The van der Waals surface area contributed by atoms with Crippen LogP contribution in [0, 0.1) is 5.41 Å². The van der Waals surface area contributed by atoms with E-state index in [-0.39, 0.29) is 0 Å². The molecule has 1 atom stereocenters. The highest BCUT2D eigenvalue weighted by molar-refractivity contribution is 4.88. The van der Waals surface area contributed by atoms with Crippen LogP contribution in [0.5, 0.6) is 0 Å². The van der Waals surface area contributed by atoms with E-state index >= 15 is 0 Å². The van der Waals surface area contributed by atoms with Crippen LogP contribution >= 0.6 is 0 Å². The molecule has 0 spiro atoms. The normalized spacial score (nSPS) is 33.0. The summed E-state index contributed by atoms with van der Waals surface area (Å²) < 4.78 is 0. The Hall–Kier alpha value is -0.0800. The van der Waals surface area contributed by atoms with Crippen molar-refractivity contribution in [1.82, 2.24) is 4.90 Å². The smallest absolute Gasteiger partial charge is 0.0586 e. The van der Waals surface area contributed by atoms with Crippen LogP contribution in [0.1, 0.15) is 20.3 Å². The van der Waals surface area contributed by atoms with Crippen molar-refractivity contribution in [3.63, 3.8) is 0 Å². The second kappa shape index (κ2) is 2.51. The van der Waals surface area contributed by atoms with Crippen LogP contribution in [-0.2, 0) is 0 Å². The first kappa shape index (κ1) is 8.02. The van der Waals surface area contributed by atoms with Crippen molar-refractivity contribution in [3.05, 3.63) is 0 Å². The SMILES string of the molecule is CN1CC(C)(C)C[C@H]1CO. The van der Waals surface area contributed by atoms with Crippen LogP contribution in [0.2, 0.25) is 0 Å². The van der Waals surface area contributed by atoms with Crippen molar-refractivity contribution in [3.8, 4) is 0 Å². The van der Waals surface area contributed by atoms with E-state index in [2.05, 4.69) is 25.8 Å². The molecule has 2 heteroatoms. The average molecular weight is 143 g/mol. The first-order valence-corrected chi connectivity index (χ1v) is 3.86. The topological polar surface area (TPSA) is 23.5 Å². The van der Waals surface area contributed by atoms with Gasteiger partial charge in [-0.3, -0.25) is 0 Å². The molecule has 0 aliphatic carbocycles. The Kier molecular flexibility index (Phi) is 2.02. The van der Waals surface area contributed by atoms with Gasteiger partial charge in [0.05, 0.1) is 6.61 Å². The van der Waals surface area contributed by atoms with E-state index in [0.717, 1.165) is 13.0 Å². The zero-order valence-electron chi connectivity index (χ0n) is 7.09. The molecule has 1 fully saturated rings. The van der Waals surface area contributed by atoms with Gasteiger partial charge in [-0.25, -0.2) is 0 Å². The fraction of sp³-hybridized carbons (Fsp3) is 1.00. The quantitative estimate of drug-likeness (QED) is 0.584. The molecule has 0 aromatic heterocycles. The summed E-state index contributed by atoms with van der Waals surface area (Å²) in [6.45, 7) is 5.91. The Balaban J connectivity index is 2.52. The van der Waals surface area contributed by atoms with Gasteiger partial charge in [-0.2, -0.15) is 0 Å². The lowest BCUT2D eigenvalue weighted by Gasteiger charge is -2.16. The standard InChI is InChI=1S/C8H17NO/c1-8(2)4-7(5-10)9(3)6-8/h7,10H,4-6H2,1-3H3/t7-/m0/s1. The molecule has 2 nitrogen and oxygen atoms in total. The van der Waals surface area contributed by atoms with Gasteiger partial charge in [-0.1, -0.05) is 13.8 Å². The van der Waals surface area contributed by atoms with E-state index in [4.69, 9.17) is 5.11 Å². The first-order chi connectivity index (χ1) is 4.55. The molecule has 0 bridgehead atoms. The number of nitrogens with zero attached hydrogens (tertiary/aromatic N) is 1. The molecule has 0 aromatic rings. The second-order valence-corrected chi connectivity index (χ2v) is 4.12. The van der Waals surface area contributed by atoms with Crippen LogP contribution < -0.4 is 0 Å². The summed E-state index contributed by atoms with van der Waals surface area (Å²) in [7, 11) is 2.08. The lowest BCUT2D eigenvalue weighted by molar-refractivity contribution is 0.182. The second-order valence-electron chi connectivity index (χ2n) is 4.12. The molecule has 1 rings (SSSR count). The maximum absolute atomic E-state index is 8.93. The van der Waals surface area contributed by atoms with Crippen molar-refractivity contribution in [2.24, 2.45) is 5.41 Å². The maximum Gasteiger partial charge on any atom is 0.0586 e. The molecule has 0 amide bonds. The minimum atomic E-state index is 0.305. The van der Waals surface area contributed by atoms with Crippen molar-refractivity contribution in [2.45, 2.75) is 26.3 Å². The third kappa shape index (κ3) is 1.50. The Morgan fingerprint density at radius 1 is 1.60 bits per heavy atom. The summed E-state index contributed by atoms with van der Waals surface area (Å²) >= 11 is 0. The van der Waals surface area contributed by atoms with Crippen LogP contribution in [0.25, 0.3) is 0 Å². The fourth-order valence-electron chi connectivity index (χ4n) is 1.87. The summed E-state index contributed by atoms with van der Waals surface area (Å²) in [6, 6.07) is 0.398. The molecule has 10 heavy (non-hydrogen) atoms. The van der Waals surface area contributed by atoms with E-state index in [9.17, 15) is 0 Å². The molecule has 1 aliphatic heterocycles. The molecule has 1 N–H and O–H groups in total.